The first-order valence-corrected chi connectivity index (χ1v) is 8.91. The fraction of sp³-hybridized carbons (Fsp3) is 0.158. The van der Waals surface area contributed by atoms with Gasteiger partial charge in [0.2, 0.25) is 5.95 Å². The van der Waals surface area contributed by atoms with Gasteiger partial charge in [0.05, 0.1) is 11.5 Å². The molecule has 0 aliphatic carbocycles. The van der Waals surface area contributed by atoms with Crippen LogP contribution in [0.5, 0.6) is 0 Å². The van der Waals surface area contributed by atoms with Crippen LogP contribution in [0.3, 0.4) is 0 Å². The molecule has 1 aromatic carbocycles. The van der Waals surface area contributed by atoms with Crippen molar-refractivity contribution in [3.63, 3.8) is 0 Å². The summed E-state index contributed by atoms with van der Waals surface area (Å²) in [4.78, 5) is 19.4. The average molecular weight is 379 g/mol. The minimum absolute atomic E-state index is 0.298. The zero-order valence-electron chi connectivity index (χ0n) is 14.2. The van der Waals surface area contributed by atoms with E-state index in [2.05, 4.69) is 19.9 Å². The number of halogens is 1. The van der Waals surface area contributed by atoms with Crippen LogP contribution >= 0.6 is 11.6 Å². The Bertz CT molecular complexity index is 1110. The van der Waals surface area contributed by atoms with Crippen molar-refractivity contribution in [3.05, 3.63) is 60.4 Å². The summed E-state index contributed by atoms with van der Waals surface area (Å²) in [6.07, 6.45) is 6.67. The molecule has 1 aliphatic heterocycles. The van der Waals surface area contributed by atoms with Crippen molar-refractivity contribution in [1.29, 1.82) is 0 Å². The van der Waals surface area contributed by atoms with Gasteiger partial charge < -0.3 is 14.6 Å². The van der Waals surface area contributed by atoms with Crippen molar-refractivity contribution >= 4 is 28.6 Å². The van der Waals surface area contributed by atoms with Crippen LogP contribution in [0.1, 0.15) is 0 Å². The monoisotopic (exact) mass is 378 g/mol. The molecule has 4 aromatic rings. The highest BCUT2D eigenvalue weighted by Gasteiger charge is 2.26. The van der Waals surface area contributed by atoms with Gasteiger partial charge in [0.15, 0.2) is 0 Å². The predicted molar refractivity (Wildman–Crippen MR) is 103 cm³/mol. The van der Waals surface area contributed by atoms with Crippen LogP contribution in [-0.4, -0.2) is 48.8 Å². The van der Waals surface area contributed by atoms with Crippen LogP contribution in [0.2, 0.25) is 5.15 Å². The molecule has 5 rings (SSSR count). The lowest BCUT2D eigenvalue weighted by Gasteiger charge is -2.35. The number of hydrogen-bond acceptors (Lipinski definition) is 6. The quantitative estimate of drug-likeness (QED) is 0.552. The van der Waals surface area contributed by atoms with Gasteiger partial charge in [-0.2, -0.15) is 0 Å². The van der Waals surface area contributed by atoms with Crippen LogP contribution < -0.4 is 4.90 Å². The molecule has 134 valence electrons. The first-order valence-electron chi connectivity index (χ1n) is 8.53. The molecule has 3 aromatic heterocycles. The maximum absolute atomic E-state index is 9.44. The number of aliphatic hydroxyl groups excluding tert-OH is 1. The second-order valence-electron chi connectivity index (χ2n) is 6.44. The molecule has 1 N–H and O–H groups in total. The Kier molecular flexibility index (Phi) is 3.77. The van der Waals surface area contributed by atoms with E-state index in [-0.39, 0.29) is 6.10 Å². The predicted octanol–water partition coefficient (Wildman–Crippen LogP) is 2.71. The van der Waals surface area contributed by atoms with E-state index in [0.717, 1.165) is 27.8 Å². The van der Waals surface area contributed by atoms with Crippen molar-refractivity contribution in [1.82, 2.24) is 24.5 Å². The number of hydrogen-bond donors (Lipinski definition) is 1. The Morgan fingerprint density at radius 2 is 1.74 bits per heavy atom. The molecule has 1 aliphatic rings. The molecule has 4 heterocycles. The molecule has 7 nitrogen and oxygen atoms in total. The highest BCUT2D eigenvalue weighted by atomic mass is 35.5. The van der Waals surface area contributed by atoms with Crippen molar-refractivity contribution < 1.29 is 5.11 Å². The van der Waals surface area contributed by atoms with Gasteiger partial charge in [-0.25, -0.2) is 19.9 Å². The Morgan fingerprint density at radius 1 is 1.00 bits per heavy atom. The minimum atomic E-state index is -0.298. The number of fused-ring (bicyclic) bond motifs is 1. The van der Waals surface area contributed by atoms with E-state index < -0.39 is 0 Å². The second kappa shape index (κ2) is 6.29. The lowest BCUT2D eigenvalue weighted by Crippen LogP contribution is -2.51. The Morgan fingerprint density at radius 3 is 2.44 bits per heavy atom. The number of anilines is 1. The van der Waals surface area contributed by atoms with Crippen LogP contribution in [-0.2, 0) is 0 Å². The molecule has 0 spiro atoms. The third-order valence-electron chi connectivity index (χ3n) is 4.67. The lowest BCUT2D eigenvalue weighted by molar-refractivity contribution is 0.140. The zero-order valence-corrected chi connectivity index (χ0v) is 15.0. The van der Waals surface area contributed by atoms with Crippen molar-refractivity contribution in [2.24, 2.45) is 0 Å². The van der Waals surface area contributed by atoms with Gasteiger partial charge in [-0.1, -0.05) is 29.8 Å². The van der Waals surface area contributed by atoms with Crippen molar-refractivity contribution in [2.45, 2.75) is 6.10 Å². The highest BCUT2D eigenvalue weighted by Crippen LogP contribution is 2.34. The molecular weight excluding hydrogens is 364 g/mol. The molecule has 8 heteroatoms. The molecule has 1 saturated heterocycles. The maximum Gasteiger partial charge on any atom is 0.225 e. The lowest BCUT2D eigenvalue weighted by atomic mass is 10.1. The van der Waals surface area contributed by atoms with Gasteiger partial charge in [0, 0.05) is 48.5 Å². The Hall–Kier alpha value is -3.03. The van der Waals surface area contributed by atoms with Crippen LogP contribution in [0.25, 0.3) is 27.8 Å². The summed E-state index contributed by atoms with van der Waals surface area (Å²) in [5.74, 6) is 0.609. The number of benzene rings is 1. The molecule has 0 saturated carbocycles. The first-order chi connectivity index (χ1) is 13.2. The molecule has 1 fully saturated rings. The Labute approximate surface area is 159 Å². The normalized spacial score (nSPS) is 14.5. The number of para-hydroxylation sites is 1. The summed E-state index contributed by atoms with van der Waals surface area (Å²) in [7, 11) is 0. The van der Waals surface area contributed by atoms with E-state index in [4.69, 9.17) is 11.6 Å². The molecule has 0 atom stereocenters. The fourth-order valence-corrected chi connectivity index (χ4v) is 3.50. The summed E-state index contributed by atoms with van der Waals surface area (Å²) < 4.78 is 1.98. The summed E-state index contributed by atoms with van der Waals surface area (Å²) in [6, 6.07) is 9.94. The third kappa shape index (κ3) is 2.72. The van der Waals surface area contributed by atoms with E-state index in [0.29, 0.717) is 24.2 Å². The zero-order chi connectivity index (χ0) is 18.4. The Balaban J connectivity index is 1.63. The number of nitrogens with zero attached hydrogens (tertiary/aromatic N) is 6. The fourth-order valence-electron chi connectivity index (χ4n) is 3.27. The van der Waals surface area contributed by atoms with Gasteiger partial charge in [-0.3, -0.25) is 0 Å². The molecule has 0 radical (unpaired) electrons. The number of aliphatic hydroxyl groups is 1. The summed E-state index contributed by atoms with van der Waals surface area (Å²) in [5.41, 5.74) is 3.41. The highest BCUT2D eigenvalue weighted by molar-refractivity contribution is 6.35. The van der Waals surface area contributed by atoms with Crippen LogP contribution in [0.4, 0.5) is 5.95 Å². The van der Waals surface area contributed by atoms with Gasteiger partial charge in [-0.15, -0.1) is 0 Å². The van der Waals surface area contributed by atoms with E-state index in [1.54, 1.807) is 12.4 Å². The van der Waals surface area contributed by atoms with Crippen molar-refractivity contribution in [3.8, 4) is 16.8 Å². The third-order valence-corrected chi connectivity index (χ3v) is 4.95. The van der Waals surface area contributed by atoms with Crippen LogP contribution in [0.15, 0.2) is 55.2 Å². The SMILES string of the molecule is OC1CN(c2ncc(-c3cn(-c4ccccc4)c4ncnc(Cl)c34)cn2)C1. The molecule has 0 unspecified atom stereocenters. The summed E-state index contributed by atoms with van der Waals surface area (Å²) >= 11 is 6.40. The van der Waals surface area contributed by atoms with Crippen molar-refractivity contribution in [2.75, 3.05) is 18.0 Å². The maximum atomic E-state index is 9.44. The number of β-amino-alcohol motifs (C(OH)–C–C–N with tert-alkyl or cyclic N) is 1. The molecular formula is C19H15ClN6O. The van der Waals surface area contributed by atoms with Gasteiger partial charge in [0.1, 0.15) is 17.1 Å². The largest absolute Gasteiger partial charge is 0.389 e. The van der Waals surface area contributed by atoms with Gasteiger partial charge in [-0.05, 0) is 12.1 Å². The number of aromatic nitrogens is 5. The number of rotatable bonds is 3. The van der Waals surface area contributed by atoms with Crippen LogP contribution in [0, 0.1) is 0 Å². The molecule has 0 amide bonds. The van der Waals surface area contributed by atoms with Gasteiger partial charge in [0.25, 0.3) is 0 Å². The standard InChI is InChI=1S/C19H15ClN6O/c20-17-16-15(12-6-21-19(22-7-12)25-8-14(27)9-25)10-26(18(16)24-11-23-17)13-4-2-1-3-5-13/h1-7,10-11,14,27H,8-9H2. The summed E-state index contributed by atoms with van der Waals surface area (Å²) in [5, 5.41) is 10.6. The van der Waals surface area contributed by atoms with E-state index in [1.165, 1.54) is 6.33 Å². The first kappa shape index (κ1) is 16.2. The molecule has 0 bridgehead atoms. The molecule has 27 heavy (non-hydrogen) atoms. The average Bonchev–Trinajstić information content (AvgIpc) is 3.07. The summed E-state index contributed by atoms with van der Waals surface area (Å²) in [6.45, 7) is 1.12. The van der Waals surface area contributed by atoms with E-state index >= 15 is 0 Å². The smallest absolute Gasteiger partial charge is 0.225 e. The van der Waals surface area contributed by atoms with E-state index in [9.17, 15) is 5.11 Å². The van der Waals surface area contributed by atoms with E-state index in [1.807, 2.05) is 46.0 Å². The second-order valence-corrected chi connectivity index (χ2v) is 6.80. The topological polar surface area (TPSA) is 80.0 Å². The van der Waals surface area contributed by atoms with Gasteiger partial charge >= 0.3 is 0 Å². The minimum Gasteiger partial charge on any atom is -0.389 e.